The summed E-state index contributed by atoms with van der Waals surface area (Å²) >= 11 is 0. The van der Waals surface area contributed by atoms with Gasteiger partial charge in [0.25, 0.3) is 0 Å². The molecule has 1 unspecified atom stereocenters. The predicted octanol–water partition coefficient (Wildman–Crippen LogP) is 3.08. The number of nitrogens with zero attached hydrogens (tertiary/aromatic N) is 1. The van der Waals surface area contributed by atoms with Gasteiger partial charge in [-0.15, -0.1) is 24.0 Å². The van der Waals surface area contributed by atoms with Crippen LogP contribution < -0.4 is 15.4 Å². The molecule has 0 amide bonds. The second kappa shape index (κ2) is 11.4. The first-order valence-electron chi connectivity index (χ1n) is 10.4. The quantitative estimate of drug-likeness (QED) is 0.281. The molecule has 29 heavy (non-hydrogen) atoms. The lowest BCUT2D eigenvalue weighted by Crippen LogP contribution is -2.48. The number of ether oxygens (including phenoxy) is 2. The fourth-order valence-corrected chi connectivity index (χ4v) is 4.73. The largest absolute Gasteiger partial charge is 0.496 e. The van der Waals surface area contributed by atoms with Gasteiger partial charge in [0.2, 0.25) is 0 Å². The van der Waals surface area contributed by atoms with Crippen LogP contribution in [0.25, 0.3) is 0 Å². The zero-order valence-electron chi connectivity index (χ0n) is 17.7. The van der Waals surface area contributed by atoms with Gasteiger partial charge >= 0.3 is 0 Å². The van der Waals surface area contributed by atoms with Crippen molar-refractivity contribution >= 4 is 29.9 Å². The second-order valence-corrected chi connectivity index (χ2v) is 8.24. The van der Waals surface area contributed by atoms with E-state index in [-0.39, 0.29) is 41.4 Å². The van der Waals surface area contributed by atoms with E-state index in [9.17, 15) is 5.11 Å². The molecule has 1 heterocycles. The lowest BCUT2D eigenvalue weighted by molar-refractivity contribution is 0.127. The normalized spacial score (nSPS) is 23.5. The molecule has 3 N–H and O–H groups in total. The van der Waals surface area contributed by atoms with Crippen molar-refractivity contribution in [3.05, 3.63) is 29.8 Å². The van der Waals surface area contributed by atoms with Crippen molar-refractivity contribution in [2.45, 2.75) is 43.9 Å². The molecule has 0 radical (unpaired) electrons. The van der Waals surface area contributed by atoms with Crippen molar-refractivity contribution in [3.8, 4) is 5.75 Å². The molecule has 164 valence electrons. The van der Waals surface area contributed by atoms with Crippen molar-refractivity contribution in [1.82, 2.24) is 10.6 Å². The van der Waals surface area contributed by atoms with E-state index in [0.29, 0.717) is 6.61 Å². The van der Waals surface area contributed by atoms with E-state index in [4.69, 9.17) is 9.47 Å². The SMILES string of the molecule is CN=C(NCC1(CCO)CCOC1)NCC1(c2ccccc2OC)CCCC1.I. The molecular formula is C22H36IN3O3. The minimum atomic E-state index is 0. The summed E-state index contributed by atoms with van der Waals surface area (Å²) in [6.45, 7) is 3.24. The number of rotatable bonds is 8. The highest BCUT2D eigenvalue weighted by atomic mass is 127. The summed E-state index contributed by atoms with van der Waals surface area (Å²) in [5.41, 5.74) is 1.36. The number of aliphatic hydroxyl groups is 1. The highest BCUT2D eigenvalue weighted by molar-refractivity contribution is 14.0. The summed E-state index contributed by atoms with van der Waals surface area (Å²) in [4.78, 5) is 4.43. The van der Waals surface area contributed by atoms with E-state index in [1.165, 1.54) is 18.4 Å². The molecule has 1 aliphatic carbocycles. The number of halogens is 1. The van der Waals surface area contributed by atoms with Gasteiger partial charge < -0.3 is 25.2 Å². The van der Waals surface area contributed by atoms with Crippen LogP contribution in [0.5, 0.6) is 5.75 Å². The van der Waals surface area contributed by atoms with Crippen molar-refractivity contribution in [2.24, 2.45) is 10.4 Å². The molecule has 7 heteroatoms. The van der Waals surface area contributed by atoms with Gasteiger partial charge in [-0.1, -0.05) is 31.0 Å². The Hall–Kier alpha value is -1.06. The molecule has 1 atom stereocenters. The van der Waals surface area contributed by atoms with E-state index >= 15 is 0 Å². The van der Waals surface area contributed by atoms with E-state index < -0.39 is 0 Å². The van der Waals surface area contributed by atoms with Crippen LogP contribution in [0.3, 0.4) is 0 Å². The molecule has 6 nitrogen and oxygen atoms in total. The Morgan fingerprint density at radius 1 is 1.17 bits per heavy atom. The number of guanidine groups is 1. The molecule has 1 aromatic carbocycles. The average molecular weight is 517 g/mol. The third-order valence-corrected chi connectivity index (χ3v) is 6.51. The molecule has 0 aromatic heterocycles. The Morgan fingerprint density at radius 2 is 1.90 bits per heavy atom. The molecule has 1 aliphatic heterocycles. The van der Waals surface area contributed by atoms with Gasteiger partial charge in [-0.2, -0.15) is 0 Å². The molecule has 1 saturated heterocycles. The number of aliphatic hydroxyl groups excluding tert-OH is 1. The third-order valence-electron chi connectivity index (χ3n) is 6.51. The number of benzene rings is 1. The Labute approximate surface area is 191 Å². The van der Waals surface area contributed by atoms with Crippen LogP contribution in [0.4, 0.5) is 0 Å². The van der Waals surface area contributed by atoms with Crippen molar-refractivity contribution in [3.63, 3.8) is 0 Å². The lowest BCUT2D eigenvalue weighted by atomic mass is 9.78. The van der Waals surface area contributed by atoms with E-state index in [0.717, 1.165) is 57.1 Å². The summed E-state index contributed by atoms with van der Waals surface area (Å²) in [7, 11) is 3.56. The van der Waals surface area contributed by atoms with Gasteiger partial charge in [0.05, 0.1) is 13.7 Å². The third kappa shape index (κ3) is 5.76. The van der Waals surface area contributed by atoms with Crippen LogP contribution >= 0.6 is 24.0 Å². The first-order valence-corrected chi connectivity index (χ1v) is 10.4. The molecule has 2 aliphatic rings. The maximum atomic E-state index is 9.43. The number of hydrogen-bond acceptors (Lipinski definition) is 4. The Bertz CT molecular complexity index is 656. The molecule has 0 spiro atoms. The number of aliphatic imine (C=N–C) groups is 1. The Kier molecular flexibility index (Phi) is 9.49. The monoisotopic (exact) mass is 517 g/mol. The van der Waals surface area contributed by atoms with Crippen LogP contribution in [-0.2, 0) is 10.2 Å². The van der Waals surface area contributed by atoms with E-state index in [1.54, 1.807) is 7.11 Å². The molecular weight excluding hydrogens is 481 g/mol. The van der Waals surface area contributed by atoms with Gasteiger partial charge in [-0.05, 0) is 31.7 Å². The summed E-state index contributed by atoms with van der Waals surface area (Å²) in [5, 5.41) is 16.5. The Balaban J connectivity index is 0.00000300. The number of methoxy groups -OCH3 is 1. The lowest BCUT2D eigenvalue weighted by Gasteiger charge is -2.33. The molecule has 1 saturated carbocycles. The van der Waals surface area contributed by atoms with Crippen LogP contribution in [0.1, 0.15) is 44.1 Å². The summed E-state index contributed by atoms with van der Waals surface area (Å²) in [6.07, 6.45) is 6.51. The van der Waals surface area contributed by atoms with Gasteiger partial charge in [0.15, 0.2) is 5.96 Å². The molecule has 1 aromatic rings. The molecule has 3 rings (SSSR count). The summed E-state index contributed by atoms with van der Waals surface area (Å²) in [5.74, 6) is 1.78. The average Bonchev–Trinajstić information content (AvgIpc) is 3.39. The van der Waals surface area contributed by atoms with Crippen molar-refractivity contribution in [2.75, 3.05) is 47.1 Å². The van der Waals surface area contributed by atoms with Crippen molar-refractivity contribution < 1.29 is 14.6 Å². The topological polar surface area (TPSA) is 75.1 Å². The first-order chi connectivity index (χ1) is 13.7. The summed E-state index contributed by atoms with van der Waals surface area (Å²) < 4.78 is 11.3. The van der Waals surface area contributed by atoms with Gasteiger partial charge in [-0.3, -0.25) is 4.99 Å². The second-order valence-electron chi connectivity index (χ2n) is 8.24. The van der Waals surface area contributed by atoms with Gasteiger partial charge in [0.1, 0.15) is 5.75 Å². The minimum absolute atomic E-state index is 0. The fourth-order valence-electron chi connectivity index (χ4n) is 4.73. The van der Waals surface area contributed by atoms with Crippen LogP contribution in [-0.4, -0.2) is 58.1 Å². The van der Waals surface area contributed by atoms with Crippen LogP contribution in [0.15, 0.2) is 29.3 Å². The zero-order valence-corrected chi connectivity index (χ0v) is 20.0. The fraction of sp³-hybridized carbons (Fsp3) is 0.682. The van der Waals surface area contributed by atoms with Crippen molar-refractivity contribution in [1.29, 1.82) is 0 Å². The molecule has 2 fully saturated rings. The van der Waals surface area contributed by atoms with E-state index in [2.05, 4.69) is 33.8 Å². The first kappa shape index (κ1) is 24.2. The molecule has 0 bridgehead atoms. The van der Waals surface area contributed by atoms with Crippen LogP contribution in [0.2, 0.25) is 0 Å². The van der Waals surface area contributed by atoms with Crippen LogP contribution in [0, 0.1) is 5.41 Å². The zero-order chi connectivity index (χ0) is 19.9. The maximum Gasteiger partial charge on any atom is 0.191 e. The maximum absolute atomic E-state index is 9.43. The predicted molar refractivity (Wildman–Crippen MR) is 127 cm³/mol. The van der Waals surface area contributed by atoms with E-state index in [1.807, 2.05) is 13.1 Å². The summed E-state index contributed by atoms with van der Waals surface area (Å²) in [6, 6.07) is 8.39. The number of nitrogens with one attached hydrogen (secondary N) is 2. The van der Waals surface area contributed by atoms with Gasteiger partial charge in [0, 0.05) is 49.7 Å². The number of hydrogen-bond donors (Lipinski definition) is 3. The highest BCUT2D eigenvalue weighted by Gasteiger charge is 2.38. The minimum Gasteiger partial charge on any atom is -0.496 e. The smallest absolute Gasteiger partial charge is 0.191 e. The number of para-hydroxylation sites is 1. The standard InChI is InChI=1S/C22H35N3O3.HI/c1-23-20(24-15-21(11-13-26)12-14-28-17-21)25-16-22(9-5-6-10-22)18-7-3-4-8-19(18)27-2;/h3-4,7-8,26H,5-6,9-17H2,1-2H3,(H2,23,24,25);1H. The Morgan fingerprint density at radius 3 is 2.52 bits per heavy atom. The van der Waals surface area contributed by atoms with Gasteiger partial charge in [-0.25, -0.2) is 0 Å². The highest BCUT2D eigenvalue weighted by Crippen LogP contribution is 2.44.